The van der Waals surface area contributed by atoms with Crippen molar-refractivity contribution in [2.24, 2.45) is 21.5 Å². The summed E-state index contributed by atoms with van der Waals surface area (Å²) in [5.74, 6) is -3.74. The normalized spacial score (nSPS) is 32.8. The van der Waals surface area contributed by atoms with E-state index < -0.39 is 82.7 Å². The molecule has 7 N–H and O–H groups in total. The lowest BCUT2D eigenvalue weighted by molar-refractivity contribution is -0.228. The average molecular weight is 511 g/mol. The highest BCUT2D eigenvalue weighted by Gasteiger charge is 2.75. The number of nitrogens with zero attached hydrogens (tertiary/aromatic N) is 4. The number of hydroxylamine groups is 2. The highest BCUT2D eigenvalue weighted by Crippen LogP contribution is 2.50. The quantitative estimate of drug-likeness (QED) is 0.274. The van der Waals surface area contributed by atoms with Crippen molar-refractivity contribution in [1.82, 2.24) is 9.96 Å². The molecule has 1 fully saturated rings. The first-order valence-electron chi connectivity index (χ1n) is 9.71. The maximum Gasteiger partial charge on any atom is 0.416 e. The highest BCUT2D eigenvalue weighted by molar-refractivity contribution is 6.31. The molecule has 4 rings (SSSR count). The molecular weight excluding hydrogens is 492 g/mol. The molecule has 0 aromatic heterocycles. The SMILES string of the molecule is C[C@]1(O)[C@@H](OC(=O)c2cc(C(F)(F)F)cc(Cl)c2F)CN2C(N)=N[C@@H](CO)C3N=C(N)N(O)C321. The van der Waals surface area contributed by atoms with E-state index in [0.717, 1.165) is 11.8 Å². The number of hydrogen-bond donors (Lipinski definition) is 5. The van der Waals surface area contributed by atoms with E-state index in [9.17, 15) is 37.8 Å². The van der Waals surface area contributed by atoms with Gasteiger partial charge in [0.05, 0.1) is 29.3 Å². The first-order chi connectivity index (χ1) is 15.7. The van der Waals surface area contributed by atoms with Gasteiger partial charge in [0.25, 0.3) is 0 Å². The monoisotopic (exact) mass is 510 g/mol. The largest absolute Gasteiger partial charge is 0.454 e. The van der Waals surface area contributed by atoms with E-state index in [2.05, 4.69) is 9.98 Å². The fraction of sp³-hybridized carbons (Fsp3) is 0.500. The lowest BCUT2D eigenvalue weighted by atomic mass is 9.79. The van der Waals surface area contributed by atoms with Gasteiger partial charge in [-0.1, -0.05) is 11.6 Å². The van der Waals surface area contributed by atoms with Crippen LogP contribution in [0.5, 0.6) is 0 Å². The maximum atomic E-state index is 14.4. The third-order valence-corrected chi connectivity index (χ3v) is 6.58. The van der Waals surface area contributed by atoms with Gasteiger partial charge < -0.3 is 31.3 Å². The summed E-state index contributed by atoms with van der Waals surface area (Å²) >= 11 is 5.53. The predicted octanol–water partition coefficient (Wildman–Crippen LogP) is -0.136. The van der Waals surface area contributed by atoms with Crippen LogP contribution in [0.25, 0.3) is 0 Å². The van der Waals surface area contributed by atoms with Crippen molar-refractivity contribution >= 4 is 29.5 Å². The summed E-state index contributed by atoms with van der Waals surface area (Å²) in [4.78, 5) is 22.0. The van der Waals surface area contributed by atoms with Gasteiger partial charge >= 0.3 is 12.1 Å². The number of alkyl halides is 3. The molecule has 0 bridgehead atoms. The van der Waals surface area contributed by atoms with E-state index in [1.54, 1.807) is 0 Å². The summed E-state index contributed by atoms with van der Waals surface area (Å²) in [5, 5.41) is 31.4. The van der Waals surface area contributed by atoms with Crippen molar-refractivity contribution in [3.05, 3.63) is 34.1 Å². The molecule has 0 amide bonds. The van der Waals surface area contributed by atoms with E-state index >= 15 is 0 Å². The van der Waals surface area contributed by atoms with Gasteiger partial charge in [0.2, 0.25) is 11.6 Å². The first kappa shape index (κ1) is 24.3. The fourth-order valence-electron chi connectivity index (χ4n) is 4.69. The number of benzene rings is 1. The molecule has 1 saturated heterocycles. The number of halogens is 5. The van der Waals surface area contributed by atoms with Crippen LogP contribution in [-0.4, -0.2) is 85.9 Å². The molecule has 11 nitrogen and oxygen atoms in total. The Morgan fingerprint density at radius 3 is 2.56 bits per heavy atom. The van der Waals surface area contributed by atoms with Crippen LogP contribution in [0.3, 0.4) is 0 Å². The molecule has 3 aliphatic rings. The zero-order valence-electron chi connectivity index (χ0n) is 17.3. The number of hydrogen-bond acceptors (Lipinski definition) is 11. The predicted molar refractivity (Wildman–Crippen MR) is 107 cm³/mol. The van der Waals surface area contributed by atoms with Gasteiger partial charge in [-0.2, -0.15) is 18.2 Å². The van der Waals surface area contributed by atoms with Crippen LogP contribution in [0.2, 0.25) is 5.02 Å². The van der Waals surface area contributed by atoms with Gasteiger partial charge in [-0.15, -0.1) is 0 Å². The molecule has 0 aliphatic carbocycles. The number of rotatable bonds is 3. The standard InChI is InChI=1S/C18H19ClF4N6O5/c1-16(32)10(34-13(31)7-2-6(18(21,22)23)3-8(19)11(7)20)4-28-14(24)26-9(5-30)12-17(16,28)29(33)15(25)27-12/h2-3,9-10,12,30,32-33H,4-5H2,1H3,(H2,24,26)(H2,25,27)/t9-,10-,12?,16-,17?/m0/s1. The molecular formula is C18H19ClF4N6O5. The van der Waals surface area contributed by atoms with Crippen molar-refractivity contribution in [2.75, 3.05) is 13.2 Å². The number of carbonyl (C=O) groups excluding carboxylic acids is 1. The molecule has 1 spiro atoms. The fourth-order valence-corrected chi connectivity index (χ4v) is 4.91. The molecule has 1 aromatic rings. The van der Waals surface area contributed by atoms with Crippen molar-refractivity contribution in [2.45, 2.75) is 42.6 Å². The van der Waals surface area contributed by atoms with Crippen LogP contribution in [-0.2, 0) is 10.9 Å². The van der Waals surface area contributed by atoms with Crippen LogP contribution < -0.4 is 11.5 Å². The summed E-state index contributed by atoms with van der Waals surface area (Å²) in [5.41, 5.74) is 4.94. The topological polar surface area (TPSA) is 170 Å². The van der Waals surface area contributed by atoms with Gasteiger partial charge in [0, 0.05) is 0 Å². The smallest absolute Gasteiger partial charge is 0.416 e. The van der Waals surface area contributed by atoms with Crippen LogP contribution >= 0.6 is 11.6 Å². The Labute approximate surface area is 193 Å². The molecule has 5 atom stereocenters. The summed E-state index contributed by atoms with van der Waals surface area (Å²) in [6.45, 7) is 0.106. The Morgan fingerprint density at radius 2 is 1.97 bits per heavy atom. The highest BCUT2D eigenvalue weighted by atomic mass is 35.5. The summed E-state index contributed by atoms with van der Waals surface area (Å²) < 4.78 is 59.0. The van der Waals surface area contributed by atoms with Gasteiger partial charge in [-0.25, -0.2) is 19.2 Å². The molecule has 0 radical (unpaired) electrons. The van der Waals surface area contributed by atoms with Gasteiger partial charge in [0.1, 0.15) is 17.7 Å². The molecule has 16 heteroatoms. The van der Waals surface area contributed by atoms with E-state index in [4.69, 9.17) is 27.8 Å². The average Bonchev–Trinajstić information content (AvgIpc) is 3.14. The molecule has 3 aliphatic heterocycles. The molecule has 186 valence electrons. The van der Waals surface area contributed by atoms with Crippen molar-refractivity contribution in [3.63, 3.8) is 0 Å². The van der Waals surface area contributed by atoms with Crippen molar-refractivity contribution < 1.29 is 42.5 Å². The summed E-state index contributed by atoms with van der Waals surface area (Å²) in [7, 11) is 0. The zero-order chi connectivity index (χ0) is 25.4. The first-order valence-corrected chi connectivity index (χ1v) is 10.1. The number of aliphatic hydroxyl groups excluding tert-OH is 1. The lowest BCUT2D eigenvalue weighted by Gasteiger charge is -2.51. The van der Waals surface area contributed by atoms with Crippen LogP contribution in [0.1, 0.15) is 22.8 Å². The lowest BCUT2D eigenvalue weighted by Crippen LogP contribution is -2.76. The van der Waals surface area contributed by atoms with Crippen LogP contribution in [0.4, 0.5) is 17.6 Å². The minimum atomic E-state index is -4.93. The Bertz CT molecular complexity index is 1120. The number of nitrogens with two attached hydrogens (primary N) is 2. The summed E-state index contributed by atoms with van der Waals surface area (Å²) in [6, 6.07) is -1.69. The van der Waals surface area contributed by atoms with E-state index in [-0.39, 0.29) is 12.0 Å². The minimum Gasteiger partial charge on any atom is -0.454 e. The zero-order valence-corrected chi connectivity index (χ0v) is 18.0. The Hall–Kier alpha value is -2.88. The van der Waals surface area contributed by atoms with Crippen molar-refractivity contribution in [3.8, 4) is 0 Å². The van der Waals surface area contributed by atoms with Gasteiger partial charge in [-0.3, -0.25) is 5.21 Å². The van der Waals surface area contributed by atoms with Gasteiger partial charge in [0.15, 0.2) is 17.9 Å². The van der Waals surface area contributed by atoms with Crippen LogP contribution in [0, 0.1) is 5.82 Å². The second kappa shape index (κ2) is 7.56. The van der Waals surface area contributed by atoms with E-state index in [1.165, 1.54) is 0 Å². The number of aliphatic hydroxyl groups is 2. The van der Waals surface area contributed by atoms with Crippen molar-refractivity contribution in [1.29, 1.82) is 0 Å². The number of aliphatic imine (C=N–C) groups is 2. The maximum absolute atomic E-state index is 14.4. The number of carbonyl (C=O) groups is 1. The third kappa shape index (κ3) is 3.10. The number of guanidine groups is 2. The number of ether oxygens (including phenoxy) is 1. The van der Waals surface area contributed by atoms with Gasteiger partial charge in [-0.05, 0) is 19.1 Å². The molecule has 34 heavy (non-hydrogen) atoms. The third-order valence-electron chi connectivity index (χ3n) is 6.31. The Morgan fingerprint density at radius 1 is 1.32 bits per heavy atom. The second-order valence-electron chi connectivity index (χ2n) is 8.18. The molecule has 3 heterocycles. The van der Waals surface area contributed by atoms with E-state index in [0.29, 0.717) is 11.1 Å². The Kier molecular flexibility index (Phi) is 5.39. The number of esters is 1. The Balaban J connectivity index is 1.74. The minimum absolute atomic E-state index is 0.230. The second-order valence-corrected chi connectivity index (χ2v) is 8.58. The molecule has 2 unspecified atom stereocenters. The molecule has 1 aromatic carbocycles. The van der Waals surface area contributed by atoms with Crippen LogP contribution in [0.15, 0.2) is 22.1 Å². The molecule has 0 saturated carbocycles. The summed E-state index contributed by atoms with van der Waals surface area (Å²) in [6.07, 6.45) is -6.53. The van der Waals surface area contributed by atoms with E-state index in [1.807, 2.05) is 0 Å².